The number of piperidine rings is 1. The molecular formula is C24H30FN5O5. The van der Waals surface area contributed by atoms with Crippen molar-refractivity contribution < 1.29 is 23.5 Å². The van der Waals surface area contributed by atoms with Crippen LogP contribution in [-0.4, -0.2) is 53.0 Å². The number of aromatic nitrogens is 2. The maximum absolute atomic E-state index is 15.1. The van der Waals surface area contributed by atoms with Gasteiger partial charge in [-0.3, -0.25) is 4.79 Å². The normalized spacial score (nSPS) is 14.5. The number of nitriles is 1. The molecule has 0 saturated carbocycles. The molecule has 3 heterocycles. The van der Waals surface area contributed by atoms with Gasteiger partial charge in [0.25, 0.3) is 0 Å². The van der Waals surface area contributed by atoms with E-state index in [0.717, 1.165) is 6.07 Å². The monoisotopic (exact) mass is 487 g/mol. The molecule has 1 fully saturated rings. The van der Waals surface area contributed by atoms with Crippen LogP contribution in [0.3, 0.4) is 0 Å². The number of amides is 1. The topological polar surface area (TPSA) is 127 Å². The predicted molar refractivity (Wildman–Crippen MR) is 127 cm³/mol. The number of nitrogens with zero attached hydrogens (tertiary/aromatic N) is 4. The summed E-state index contributed by atoms with van der Waals surface area (Å²) in [6.07, 6.45) is 2.04. The van der Waals surface area contributed by atoms with Crippen LogP contribution in [0.1, 0.15) is 57.3 Å². The Kier molecular flexibility index (Phi) is 7.94. The van der Waals surface area contributed by atoms with E-state index in [1.807, 2.05) is 6.07 Å². The van der Waals surface area contributed by atoms with E-state index in [4.69, 9.17) is 14.7 Å². The standard InChI is InChI=1S/C24H30FN5O5/c1-5-34-22(32)17-14-30(10-6-9-26)20-16(19(17)31)13-18(25)21(28-20)29-11-7-15(8-12-29)27-23(33)35-24(2,3)4/h13-15H,5-8,10-12H2,1-4H3,(H,27,33). The highest BCUT2D eigenvalue weighted by atomic mass is 19.1. The molecule has 0 radical (unpaired) electrons. The van der Waals surface area contributed by atoms with Crippen LogP contribution in [0.2, 0.25) is 0 Å². The van der Waals surface area contributed by atoms with E-state index in [9.17, 15) is 14.4 Å². The summed E-state index contributed by atoms with van der Waals surface area (Å²) in [4.78, 5) is 43.4. The minimum atomic E-state index is -0.811. The highest BCUT2D eigenvalue weighted by Crippen LogP contribution is 2.25. The van der Waals surface area contributed by atoms with Crippen molar-refractivity contribution in [1.82, 2.24) is 14.9 Å². The molecule has 1 amide bonds. The van der Waals surface area contributed by atoms with Crippen molar-refractivity contribution in [2.45, 2.75) is 65.1 Å². The number of carbonyl (C=O) groups is 2. The molecule has 188 valence electrons. The van der Waals surface area contributed by atoms with Crippen LogP contribution in [0.15, 0.2) is 17.1 Å². The highest BCUT2D eigenvalue weighted by Gasteiger charge is 2.27. The van der Waals surface area contributed by atoms with Crippen molar-refractivity contribution in [2.75, 3.05) is 24.6 Å². The lowest BCUT2D eigenvalue weighted by molar-refractivity contribution is 0.0493. The van der Waals surface area contributed by atoms with Crippen LogP contribution in [-0.2, 0) is 16.0 Å². The van der Waals surface area contributed by atoms with E-state index >= 15 is 4.39 Å². The molecule has 0 spiro atoms. The van der Waals surface area contributed by atoms with Crippen LogP contribution < -0.4 is 15.6 Å². The first-order chi connectivity index (χ1) is 16.5. The zero-order valence-electron chi connectivity index (χ0n) is 20.4. The Morgan fingerprint density at radius 3 is 2.60 bits per heavy atom. The Balaban J connectivity index is 1.88. The second-order valence-electron chi connectivity index (χ2n) is 9.27. The summed E-state index contributed by atoms with van der Waals surface area (Å²) in [5.41, 5.74) is -1.33. The van der Waals surface area contributed by atoms with E-state index in [1.165, 1.54) is 10.8 Å². The summed E-state index contributed by atoms with van der Waals surface area (Å²) < 4.78 is 26.9. The fraction of sp³-hybridized carbons (Fsp3) is 0.542. The lowest BCUT2D eigenvalue weighted by Gasteiger charge is -2.33. The molecule has 1 N–H and O–H groups in total. The number of ether oxygens (including phenoxy) is 2. The molecule has 0 unspecified atom stereocenters. The van der Waals surface area contributed by atoms with Gasteiger partial charge in [0.2, 0.25) is 5.43 Å². The molecule has 0 atom stereocenters. The van der Waals surface area contributed by atoms with Crippen molar-refractivity contribution in [2.24, 2.45) is 0 Å². The van der Waals surface area contributed by atoms with Crippen LogP contribution in [0, 0.1) is 17.1 Å². The minimum Gasteiger partial charge on any atom is -0.462 e. The average molecular weight is 488 g/mol. The lowest BCUT2D eigenvalue weighted by Crippen LogP contribution is -2.46. The number of pyridine rings is 2. The van der Waals surface area contributed by atoms with Crippen LogP contribution >= 0.6 is 0 Å². The van der Waals surface area contributed by atoms with Crippen molar-refractivity contribution in [3.63, 3.8) is 0 Å². The molecule has 1 aliphatic heterocycles. The van der Waals surface area contributed by atoms with E-state index in [1.54, 1.807) is 32.6 Å². The molecule has 10 nitrogen and oxygen atoms in total. The number of rotatable bonds is 6. The van der Waals surface area contributed by atoms with Crippen molar-refractivity contribution >= 4 is 28.9 Å². The first kappa shape index (κ1) is 25.9. The van der Waals surface area contributed by atoms with Crippen molar-refractivity contribution in [3.8, 4) is 6.07 Å². The average Bonchev–Trinajstić information content (AvgIpc) is 2.78. The van der Waals surface area contributed by atoms with Gasteiger partial charge in [0.1, 0.15) is 16.8 Å². The molecule has 0 aliphatic carbocycles. The van der Waals surface area contributed by atoms with Gasteiger partial charge in [-0.2, -0.15) is 5.26 Å². The van der Waals surface area contributed by atoms with Crippen LogP contribution in [0.5, 0.6) is 0 Å². The SMILES string of the molecule is CCOC(=O)c1cn(CCC#N)c2nc(N3CCC(NC(=O)OC(C)(C)C)CC3)c(F)cc2c1=O. The molecule has 1 aliphatic rings. The molecule has 2 aromatic rings. The number of aryl methyl sites for hydroxylation is 1. The Labute approximate surface area is 202 Å². The van der Waals surface area contributed by atoms with Gasteiger partial charge in [-0.1, -0.05) is 0 Å². The quantitative estimate of drug-likeness (QED) is 0.616. The highest BCUT2D eigenvalue weighted by molar-refractivity contribution is 5.93. The summed E-state index contributed by atoms with van der Waals surface area (Å²) in [6.45, 7) is 8.09. The third-order valence-corrected chi connectivity index (χ3v) is 5.46. The lowest BCUT2D eigenvalue weighted by atomic mass is 10.1. The molecule has 2 aromatic heterocycles. The Morgan fingerprint density at radius 1 is 1.31 bits per heavy atom. The summed E-state index contributed by atoms with van der Waals surface area (Å²) in [5, 5.41) is 11.8. The van der Waals surface area contributed by atoms with Gasteiger partial charge < -0.3 is 24.3 Å². The molecule has 11 heteroatoms. The summed E-state index contributed by atoms with van der Waals surface area (Å²) in [5.74, 6) is -1.43. The number of anilines is 1. The first-order valence-electron chi connectivity index (χ1n) is 11.6. The third-order valence-electron chi connectivity index (χ3n) is 5.46. The largest absolute Gasteiger partial charge is 0.462 e. The number of hydrogen-bond acceptors (Lipinski definition) is 8. The number of esters is 1. The summed E-state index contributed by atoms with van der Waals surface area (Å²) in [6, 6.07) is 2.98. The van der Waals surface area contributed by atoms with E-state index in [2.05, 4.69) is 10.3 Å². The van der Waals surface area contributed by atoms with Crippen LogP contribution in [0.25, 0.3) is 11.0 Å². The number of hydrogen-bond donors (Lipinski definition) is 1. The molecule has 35 heavy (non-hydrogen) atoms. The van der Waals surface area contributed by atoms with Gasteiger partial charge in [-0.15, -0.1) is 0 Å². The number of nitrogens with one attached hydrogen (secondary N) is 1. The molecular weight excluding hydrogens is 457 g/mol. The fourth-order valence-corrected chi connectivity index (χ4v) is 3.90. The number of halogens is 1. The zero-order chi connectivity index (χ0) is 25.8. The maximum Gasteiger partial charge on any atom is 0.407 e. The number of carbonyl (C=O) groups excluding carboxylic acids is 2. The second kappa shape index (κ2) is 10.7. The molecule has 1 saturated heterocycles. The van der Waals surface area contributed by atoms with Gasteiger partial charge in [0.05, 0.1) is 24.5 Å². The minimum absolute atomic E-state index is 0.0591. The Hall–Kier alpha value is -3.68. The van der Waals surface area contributed by atoms with E-state index in [0.29, 0.717) is 25.9 Å². The maximum atomic E-state index is 15.1. The van der Waals surface area contributed by atoms with Crippen molar-refractivity contribution in [1.29, 1.82) is 5.26 Å². The smallest absolute Gasteiger partial charge is 0.407 e. The van der Waals surface area contributed by atoms with Gasteiger partial charge >= 0.3 is 12.1 Å². The first-order valence-corrected chi connectivity index (χ1v) is 11.6. The molecule has 0 bridgehead atoms. The summed E-state index contributed by atoms with van der Waals surface area (Å²) in [7, 11) is 0. The fourth-order valence-electron chi connectivity index (χ4n) is 3.90. The summed E-state index contributed by atoms with van der Waals surface area (Å²) >= 11 is 0. The van der Waals surface area contributed by atoms with Gasteiger partial charge in [-0.25, -0.2) is 19.0 Å². The predicted octanol–water partition coefficient (Wildman–Crippen LogP) is 3.12. The van der Waals surface area contributed by atoms with E-state index in [-0.39, 0.29) is 48.0 Å². The second-order valence-corrected chi connectivity index (χ2v) is 9.27. The van der Waals surface area contributed by atoms with Crippen LogP contribution in [0.4, 0.5) is 15.0 Å². The van der Waals surface area contributed by atoms with Crippen molar-refractivity contribution in [3.05, 3.63) is 33.9 Å². The third kappa shape index (κ3) is 6.26. The van der Waals surface area contributed by atoms with E-state index < -0.39 is 28.9 Å². The molecule has 0 aromatic carbocycles. The Morgan fingerprint density at radius 2 is 2.00 bits per heavy atom. The number of alkyl carbamates (subject to hydrolysis) is 1. The number of fused-ring (bicyclic) bond motifs is 1. The molecule has 3 rings (SSSR count). The Bertz CT molecular complexity index is 1210. The zero-order valence-corrected chi connectivity index (χ0v) is 20.4. The van der Waals surface area contributed by atoms with Gasteiger partial charge in [-0.05, 0) is 46.6 Å². The van der Waals surface area contributed by atoms with Gasteiger partial charge in [0.15, 0.2) is 11.6 Å². The van der Waals surface area contributed by atoms with Gasteiger partial charge in [0, 0.05) is 31.9 Å².